The van der Waals surface area contributed by atoms with Crippen molar-refractivity contribution in [3.63, 3.8) is 0 Å². The Labute approximate surface area is 160 Å². The van der Waals surface area contributed by atoms with Crippen LogP contribution in [0.1, 0.15) is 16.7 Å². The van der Waals surface area contributed by atoms with Gasteiger partial charge < -0.3 is 5.32 Å². The summed E-state index contributed by atoms with van der Waals surface area (Å²) in [6, 6.07) is 14.6. The minimum Gasteiger partial charge on any atom is -0.350 e. The van der Waals surface area contributed by atoms with E-state index >= 15 is 0 Å². The molecular formula is C21H20FN3O3. The van der Waals surface area contributed by atoms with Crippen LogP contribution in [-0.4, -0.2) is 15.0 Å². The number of hydrogen-bond donors (Lipinski definition) is 1. The van der Waals surface area contributed by atoms with Crippen molar-refractivity contribution in [2.75, 3.05) is 0 Å². The fourth-order valence-corrected chi connectivity index (χ4v) is 2.72. The van der Waals surface area contributed by atoms with Crippen molar-refractivity contribution >= 4 is 5.91 Å². The van der Waals surface area contributed by atoms with Gasteiger partial charge in [-0.3, -0.25) is 18.7 Å². The molecule has 0 radical (unpaired) electrons. The van der Waals surface area contributed by atoms with Crippen molar-refractivity contribution < 1.29 is 9.18 Å². The lowest BCUT2D eigenvalue weighted by molar-refractivity contribution is -0.121. The molecule has 1 amide bonds. The van der Waals surface area contributed by atoms with E-state index in [-0.39, 0.29) is 18.9 Å². The van der Waals surface area contributed by atoms with Gasteiger partial charge in [0.25, 0.3) is 5.56 Å². The zero-order valence-corrected chi connectivity index (χ0v) is 15.4. The number of aryl methyl sites for hydroxylation is 1. The summed E-state index contributed by atoms with van der Waals surface area (Å²) in [6.07, 6.45) is 1.37. The fourth-order valence-electron chi connectivity index (χ4n) is 2.72. The first kappa shape index (κ1) is 19.3. The van der Waals surface area contributed by atoms with Crippen molar-refractivity contribution in [3.8, 4) is 0 Å². The quantitative estimate of drug-likeness (QED) is 0.708. The first-order valence-electron chi connectivity index (χ1n) is 8.79. The van der Waals surface area contributed by atoms with Crippen LogP contribution < -0.4 is 16.6 Å². The van der Waals surface area contributed by atoms with Crippen molar-refractivity contribution in [1.82, 2.24) is 14.5 Å². The Balaban J connectivity index is 1.71. The van der Waals surface area contributed by atoms with Crippen LogP contribution in [0.15, 0.2) is 70.4 Å². The van der Waals surface area contributed by atoms with E-state index in [0.717, 1.165) is 15.7 Å². The molecule has 0 aliphatic rings. The second-order valence-corrected chi connectivity index (χ2v) is 6.54. The third-order valence-electron chi connectivity index (χ3n) is 4.32. The van der Waals surface area contributed by atoms with Gasteiger partial charge in [0, 0.05) is 18.8 Å². The summed E-state index contributed by atoms with van der Waals surface area (Å²) < 4.78 is 15.2. The number of nitrogens with one attached hydrogen (secondary N) is 1. The van der Waals surface area contributed by atoms with Gasteiger partial charge in [-0.15, -0.1) is 0 Å². The van der Waals surface area contributed by atoms with Crippen LogP contribution in [-0.2, 0) is 24.4 Å². The van der Waals surface area contributed by atoms with Gasteiger partial charge in [-0.1, -0.05) is 42.0 Å². The monoisotopic (exact) mass is 381 g/mol. The number of carbonyl (C=O) groups is 1. The van der Waals surface area contributed by atoms with E-state index in [2.05, 4.69) is 5.32 Å². The number of benzene rings is 2. The number of hydrogen-bond acceptors (Lipinski definition) is 3. The molecule has 3 rings (SSSR count). The maximum atomic E-state index is 13.0. The molecule has 3 aromatic rings. The normalized spacial score (nSPS) is 10.6. The lowest BCUT2D eigenvalue weighted by atomic mass is 10.1. The molecule has 0 saturated carbocycles. The summed E-state index contributed by atoms with van der Waals surface area (Å²) in [4.78, 5) is 36.8. The van der Waals surface area contributed by atoms with E-state index in [9.17, 15) is 18.8 Å². The van der Waals surface area contributed by atoms with Gasteiger partial charge >= 0.3 is 5.69 Å². The summed E-state index contributed by atoms with van der Waals surface area (Å²) in [6.45, 7) is 2.09. The number of aromatic nitrogens is 2. The Kier molecular flexibility index (Phi) is 5.84. The van der Waals surface area contributed by atoms with Crippen molar-refractivity contribution in [2.24, 2.45) is 0 Å². The molecule has 0 atom stereocenters. The van der Waals surface area contributed by atoms with Crippen LogP contribution in [0.2, 0.25) is 0 Å². The fraction of sp³-hybridized carbons (Fsp3) is 0.190. The van der Waals surface area contributed by atoms with E-state index in [4.69, 9.17) is 0 Å². The maximum Gasteiger partial charge on any atom is 0.331 e. The van der Waals surface area contributed by atoms with E-state index < -0.39 is 17.2 Å². The third kappa shape index (κ3) is 4.82. The van der Waals surface area contributed by atoms with Gasteiger partial charge in [0.1, 0.15) is 12.4 Å². The second kappa shape index (κ2) is 8.47. The summed E-state index contributed by atoms with van der Waals surface area (Å²) in [7, 11) is 0. The second-order valence-electron chi connectivity index (χ2n) is 6.54. The van der Waals surface area contributed by atoms with Crippen molar-refractivity contribution in [3.05, 3.63) is 104 Å². The summed E-state index contributed by atoms with van der Waals surface area (Å²) in [5.74, 6) is -0.800. The molecule has 1 heterocycles. The third-order valence-corrected chi connectivity index (χ3v) is 4.32. The molecule has 6 nitrogen and oxygen atoms in total. The molecule has 0 fully saturated rings. The SMILES string of the molecule is Cc1ccc(CNC(=O)Cn2c(=O)ccn(Cc3ccc(F)cc3)c2=O)cc1. The lowest BCUT2D eigenvalue weighted by Gasteiger charge is -2.11. The number of carbonyl (C=O) groups excluding carboxylic acids is 1. The topological polar surface area (TPSA) is 73.1 Å². The van der Waals surface area contributed by atoms with Crippen LogP contribution in [0.5, 0.6) is 0 Å². The zero-order valence-electron chi connectivity index (χ0n) is 15.4. The molecule has 2 aromatic carbocycles. The molecule has 28 heavy (non-hydrogen) atoms. The van der Waals surface area contributed by atoms with E-state index in [1.807, 2.05) is 31.2 Å². The van der Waals surface area contributed by atoms with Crippen LogP contribution in [0.3, 0.4) is 0 Å². The molecule has 0 unspecified atom stereocenters. The van der Waals surface area contributed by atoms with E-state index in [1.54, 1.807) is 12.1 Å². The minimum absolute atomic E-state index is 0.171. The smallest absolute Gasteiger partial charge is 0.331 e. The largest absolute Gasteiger partial charge is 0.350 e. The average Bonchev–Trinajstić information content (AvgIpc) is 2.68. The Morgan fingerprint density at radius 3 is 2.29 bits per heavy atom. The van der Waals surface area contributed by atoms with Gasteiger partial charge in [-0.25, -0.2) is 9.18 Å². The molecule has 0 spiro atoms. The number of rotatable bonds is 6. The Hall–Kier alpha value is -3.48. The molecule has 0 bridgehead atoms. The predicted octanol–water partition coefficient (Wildman–Crippen LogP) is 1.82. The van der Waals surface area contributed by atoms with Crippen molar-refractivity contribution in [1.29, 1.82) is 0 Å². The van der Waals surface area contributed by atoms with Crippen LogP contribution in [0.4, 0.5) is 4.39 Å². The molecule has 144 valence electrons. The Morgan fingerprint density at radius 1 is 0.964 bits per heavy atom. The zero-order chi connectivity index (χ0) is 20.1. The molecule has 1 N–H and O–H groups in total. The Morgan fingerprint density at radius 2 is 1.61 bits per heavy atom. The van der Waals surface area contributed by atoms with Crippen LogP contribution in [0.25, 0.3) is 0 Å². The highest BCUT2D eigenvalue weighted by Gasteiger charge is 2.10. The number of amides is 1. The van der Waals surface area contributed by atoms with Gasteiger partial charge in [-0.2, -0.15) is 0 Å². The molecule has 7 heteroatoms. The van der Waals surface area contributed by atoms with Gasteiger partial charge in [-0.05, 0) is 30.2 Å². The van der Waals surface area contributed by atoms with E-state index in [1.165, 1.54) is 29.0 Å². The standard InChI is InChI=1S/C21H20FN3O3/c1-15-2-4-16(5-3-15)12-23-19(26)14-25-20(27)10-11-24(21(25)28)13-17-6-8-18(22)9-7-17/h2-11H,12-14H2,1H3,(H,23,26). The number of nitrogens with zero attached hydrogens (tertiary/aromatic N) is 2. The van der Waals surface area contributed by atoms with Gasteiger partial charge in [0.15, 0.2) is 0 Å². The summed E-state index contributed by atoms with van der Waals surface area (Å²) in [5, 5.41) is 2.71. The van der Waals surface area contributed by atoms with Crippen LogP contribution in [0, 0.1) is 12.7 Å². The molecule has 0 saturated heterocycles. The molecular weight excluding hydrogens is 361 g/mol. The number of halogens is 1. The van der Waals surface area contributed by atoms with Crippen molar-refractivity contribution in [2.45, 2.75) is 26.6 Å². The highest BCUT2D eigenvalue weighted by Crippen LogP contribution is 2.04. The minimum atomic E-state index is -0.595. The highest BCUT2D eigenvalue weighted by molar-refractivity contribution is 5.75. The lowest BCUT2D eigenvalue weighted by Crippen LogP contribution is -2.43. The molecule has 0 aliphatic carbocycles. The first-order chi connectivity index (χ1) is 13.4. The molecule has 0 aliphatic heterocycles. The maximum absolute atomic E-state index is 13.0. The summed E-state index contributed by atoms with van der Waals surface area (Å²) in [5.41, 5.74) is 1.60. The Bertz CT molecular complexity index is 1080. The van der Waals surface area contributed by atoms with E-state index in [0.29, 0.717) is 12.1 Å². The first-order valence-corrected chi connectivity index (χ1v) is 8.79. The molecule has 1 aromatic heterocycles. The van der Waals surface area contributed by atoms with Crippen LogP contribution >= 0.6 is 0 Å². The predicted molar refractivity (Wildman–Crippen MR) is 103 cm³/mol. The van der Waals surface area contributed by atoms with Gasteiger partial charge in [0.05, 0.1) is 6.54 Å². The highest BCUT2D eigenvalue weighted by atomic mass is 19.1. The summed E-state index contributed by atoms with van der Waals surface area (Å²) >= 11 is 0. The average molecular weight is 381 g/mol. The van der Waals surface area contributed by atoms with Gasteiger partial charge in [0.2, 0.25) is 5.91 Å².